The number of anilines is 1. The van der Waals surface area contributed by atoms with E-state index in [1.54, 1.807) is 12.1 Å². The highest BCUT2D eigenvalue weighted by Gasteiger charge is 2.14. The third-order valence-electron chi connectivity index (χ3n) is 2.52. The van der Waals surface area contributed by atoms with Gasteiger partial charge in [-0.15, -0.1) is 0 Å². The summed E-state index contributed by atoms with van der Waals surface area (Å²) in [5, 5.41) is 13.5. The van der Waals surface area contributed by atoms with Crippen LogP contribution in [0.4, 0.5) is 15.8 Å². The molecule has 0 radical (unpaired) electrons. The van der Waals surface area contributed by atoms with Crippen LogP contribution >= 0.6 is 34.2 Å². The molecule has 0 bridgehead atoms. The first-order valence-corrected chi connectivity index (χ1v) is 7.04. The van der Waals surface area contributed by atoms with Gasteiger partial charge in [0.1, 0.15) is 5.82 Å². The standard InChI is InChI=1S/C13H7ClFIN2O3/c14-7-1-2-12(16)11(3-7)13(19)17-9-4-8(15)5-10(6-9)18(20)21/h1-6H,(H,17,19). The molecule has 108 valence electrons. The van der Waals surface area contributed by atoms with E-state index < -0.39 is 22.3 Å². The highest BCUT2D eigenvalue weighted by Crippen LogP contribution is 2.23. The second-order valence-corrected chi connectivity index (χ2v) is 5.63. The quantitative estimate of drug-likeness (QED) is 0.458. The van der Waals surface area contributed by atoms with Gasteiger partial charge in [-0.2, -0.15) is 0 Å². The number of amides is 1. The van der Waals surface area contributed by atoms with Gasteiger partial charge in [0.15, 0.2) is 0 Å². The molecule has 8 heteroatoms. The Kier molecular flexibility index (Phi) is 4.73. The molecule has 0 heterocycles. The van der Waals surface area contributed by atoms with E-state index in [1.165, 1.54) is 6.07 Å². The van der Waals surface area contributed by atoms with Crippen molar-refractivity contribution in [3.63, 3.8) is 0 Å². The number of benzene rings is 2. The lowest BCUT2D eigenvalue weighted by atomic mass is 10.2. The number of nitro benzene ring substituents is 1. The Labute approximate surface area is 137 Å². The molecule has 0 aliphatic heterocycles. The summed E-state index contributed by atoms with van der Waals surface area (Å²) in [6.45, 7) is 0. The third-order valence-corrected chi connectivity index (χ3v) is 3.70. The highest BCUT2D eigenvalue weighted by atomic mass is 127. The van der Waals surface area contributed by atoms with Gasteiger partial charge in [0.2, 0.25) is 0 Å². The molecule has 21 heavy (non-hydrogen) atoms. The molecule has 0 aliphatic rings. The molecule has 2 aromatic rings. The van der Waals surface area contributed by atoms with Crippen LogP contribution in [0, 0.1) is 19.5 Å². The summed E-state index contributed by atoms with van der Waals surface area (Å²) in [5.74, 6) is -1.33. The number of hydrogen-bond donors (Lipinski definition) is 1. The number of nitro groups is 1. The number of nitrogens with zero attached hydrogens (tertiary/aromatic N) is 1. The molecular weight excluding hydrogens is 414 g/mol. The topological polar surface area (TPSA) is 72.2 Å². The molecule has 2 rings (SSSR count). The van der Waals surface area contributed by atoms with Crippen molar-refractivity contribution in [3.8, 4) is 0 Å². The minimum Gasteiger partial charge on any atom is -0.322 e. The predicted molar refractivity (Wildman–Crippen MR) is 85.2 cm³/mol. The van der Waals surface area contributed by atoms with E-state index in [9.17, 15) is 19.3 Å². The van der Waals surface area contributed by atoms with Gasteiger partial charge in [0, 0.05) is 14.7 Å². The van der Waals surface area contributed by atoms with E-state index >= 15 is 0 Å². The Morgan fingerprint density at radius 1 is 1.29 bits per heavy atom. The van der Waals surface area contributed by atoms with E-state index in [0.29, 0.717) is 14.2 Å². The molecule has 5 nitrogen and oxygen atoms in total. The zero-order chi connectivity index (χ0) is 15.6. The second-order valence-electron chi connectivity index (χ2n) is 4.03. The van der Waals surface area contributed by atoms with Crippen LogP contribution in [0.15, 0.2) is 36.4 Å². The largest absolute Gasteiger partial charge is 0.322 e. The molecule has 0 saturated carbocycles. The van der Waals surface area contributed by atoms with E-state index in [-0.39, 0.29) is 5.69 Å². The molecule has 0 unspecified atom stereocenters. The summed E-state index contributed by atoms with van der Waals surface area (Å²) < 4.78 is 14.0. The number of nitrogens with one attached hydrogen (secondary N) is 1. The molecule has 0 aromatic heterocycles. The summed E-state index contributed by atoms with van der Waals surface area (Å²) in [4.78, 5) is 22.0. The van der Waals surface area contributed by atoms with Crippen molar-refractivity contribution in [1.82, 2.24) is 0 Å². The fourth-order valence-corrected chi connectivity index (χ4v) is 2.37. The van der Waals surface area contributed by atoms with Crippen LogP contribution in [0.25, 0.3) is 0 Å². The van der Waals surface area contributed by atoms with Crippen LogP contribution in [0.1, 0.15) is 10.4 Å². The summed E-state index contributed by atoms with van der Waals surface area (Å²) in [6, 6.07) is 7.62. The molecule has 0 atom stereocenters. The lowest BCUT2D eigenvalue weighted by Gasteiger charge is -2.07. The van der Waals surface area contributed by atoms with Crippen LogP contribution in [0.3, 0.4) is 0 Å². The molecule has 2 aromatic carbocycles. The van der Waals surface area contributed by atoms with Crippen LogP contribution in [0.2, 0.25) is 5.02 Å². The van der Waals surface area contributed by atoms with Gasteiger partial charge in [-0.25, -0.2) is 4.39 Å². The van der Waals surface area contributed by atoms with Crippen molar-refractivity contribution in [2.45, 2.75) is 0 Å². The zero-order valence-electron chi connectivity index (χ0n) is 10.3. The molecule has 1 amide bonds. The number of halogens is 3. The lowest BCUT2D eigenvalue weighted by molar-refractivity contribution is -0.385. The predicted octanol–water partition coefficient (Wildman–Crippen LogP) is 4.24. The maximum absolute atomic E-state index is 13.3. The van der Waals surface area contributed by atoms with Crippen molar-refractivity contribution >= 4 is 51.5 Å². The Hall–Kier alpha value is -1.74. The molecular formula is C13H7ClFIN2O3. The first-order valence-electron chi connectivity index (χ1n) is 5.58. The Morgan fingerprint density at radius 3 is 2.67 bits per heavy atom. The van der Waals surface area contributed by atoms with Crippen LogP contribution in [-0.2, 0) is 0 Å². The average Bonchev–Trinajstić information content (AvgIpc) is 2.40. The molecule has 0 aliphatic carbocycles. The molecule has 0 saturated heterocycles. The minimum atomic E-state index is -0.805. The van der Waals surface area contributed by atoms with Crippen molar-refractivity contribution in [3.05, 3.63) is 66.5 Å². The Balaban J connectivity index is 2.31. The van der Waals surface area contributed by atoms with Crippen LogP contribution < -0.4 is 5.32 Å². The van der Waals surface area contributed by atoms with Gasteiger partial charge in [-0.1, -0.05) is 11.6 Å². The monoisotopic (exact) mass is 420 g/mol. The van der Waals surface area contributed by atoms with Crippen molar-refractivity contribution in [2.75, 3.05) is 5.32 Å². The number of carbonyl (C=O) groups is 1. The summed E-state index contributed by atoms with van der Waals surface area (Å²) >= 11 is 7.78. The fraction of sp³-hybridized carbons (Fsp3) is 0. The summed E-state index contributed by atoms with van der Waals surface area (Å²) in [5.41, 5.74) is -0.136. The number of carbonyl (C=O) groups excluding carboxylic acids is 1. The first kappa shape index (κ1) is 15.6. The first-order chi connectivity index (χ1) is 9.86. The van der Waals surface area contributed by atoms with Crippen molar-refractivity contribution in [2.24, 2.45) is 0 Å². The van der Waals surface area contributed by atoms with Gasteiger partial charge in [-0.05, 0) is 46.9 Å². The Morgan fingerprint density at radius 2 is 2.00 bits per heavy atom. The third kappa shape index (κ3) is 3.88. The van der Waals surface area contributed by atoms with Crippen LogP contribution in [0.5, 0.6) is 0 Å². The maximum atomic E-state index is 13.3. The molecule has 0 spiro atoms. The van der Waals surface area contributed by atoms with Gasteiger partial charge in [0.05, 0.1) is 22.2 Å². The normalized spacial score (nSPS) is 10.2. The van der Waals surface area contributed by atoms with Crippen molar-refractivity contribution < 1.29 is 14.1 Å². The summed E-state index contributed by atoms with van der Waals surface area (Å²) in [7, 11) is 0. The zero-order valence-corrected chi connectivity index (χ0v) is 13.2. The van der Waals surface area contributed by atoms with E-state index in [2.05, 4.69) is 5.32 Å². The molecule has 1 N–H and O–H groups in total. The van der Waals surface area contributed by atoms with E-state index in [4.69, 9.17) is 11.6 Å². The average molecular weight is 421 g/mol. The number of non-ortho nitro benzene ring substituents is 1. The fourth-order valence-electron chi connectivity index (χ4n) is 1.62. The van der Waals surface area contributed by atoms with Gasteiger partial charge < -0.3 is 5.32 Å². The number of hydrogen-bond acceptors (Lipinski definition) is 3. The van der Waals surface area contributed by atoms with Gasteiger partial charge >= 0.3 is 0 Å². The number of rotatable bonds is 3. The second kappa shape index (κ2) is 6.35. The van der Waals surface area contributed by atoms with E-state index in [1.807, 2.05) is 22.6 Å². The maximum Gasteiger partial charge on any atom is 0.274 e. The molecule has 0 fully saturated rings. The lowest BCUT2D eigenvalue weighted by Crippen LogP contribution is -2.13. The van der Waals surface area contributed by atoms with Crippen molar-refractivity contribution in [1.29, 1.82) is 0 Å². The highest BCUT2D eigenvalue weighted by molar-refractivity contribution is 14.1. The minimum absolute atomic E-state index is 0.00229. The smallest absolute Gasteiger partial charge is 0.274 e. The van der Waals surface area contributed by atoms with Gasteiger partial charge in [0.25, 0.3) is 11.6 Å². The van der Waals surface area contributed by atoms with Gasteiger partial charge in [-0.3, -0.25) is 14.9 Å². The summed E-state index contributed by atoms with van der Waals surface area (Å²) in [6.07, 6.45) is 0. The SMILES string of the molecule is O=C(Nc1cc(F)cc([N+](=O)[O-])c1)c1cc(Cl)ccc1I. The van der Waals surface area contributed by atoms with E-state index in [0.717, 1.165) is 18.2 Å². The Bertz CT molecular complexity index is 739. The van der Waals surface area contributed by atoms with Crippen LogP contribution in [-0.4, -0.2) is 10.8 Å².